The number of ether oxygens (including phenoxy) is 2. The highest BCUT2D eigenvalue weighted by Crippen LogP contribution is 2.26. The summed E-state index contributed by atoms with van der Waals surface area (Å²) in [5, 5.41) is 0.699. The SMILES string of the molecule is Cc1cccc(OCC(=O)OCC(=O)N2CCN(c3ccccc3Cl)CC2)c1. The fraction of sp³-hybridized carbons (Fsp3) is 0.333. The number of anilines is 1. The van der Waals surface area contributed by atoms with Crippen molar-refractivity contribution >= 4 is 29.2 Å². The molecule has 1 heterocycles. The lowest BCUT2D eigenvalue weighted by atomic mass is 10.2. The summed E-state index contributed by atoms with van der Waals surface area (Å²) in [7, 11) is 0. The molecule has 2 aromatic rings. The van der Waals surface area contributed by atoms with Crippen molar-refractivity contribution in [3.05, 3.63) is 59.1 Å². The maximum absolute atomic E-state index is 12.3. The topological polar surface area (TPSA) is 59.1 Å². The second kappa shape index (κ2) is 9.46. The second-order valence-electron chi connectivity index (χ2n) is 6.59. The van der Waals surface area contributed by atoms with Gasteiger partial charge in [0.05, 0.1) is 10.7 Å². The molecule has 0 saturated carbocycles. The lowest BCUT2D eigenvalue weighted by molar-refractivity contribution is -0.153. The van der Waals surface area contributed by atoms with Gasteiger partial charge in [0, 0.05) is 26.2 Å². The summed E-state index contributed by atoms with van der Waals surface area (Å²) in [5.74, 6) is -0.175. The lowest BCUT2D eigenvalue weighted by Crippen LogP contribution is -2.50. The number of carbonyl (C=O) groups is 2. The molecule has 0 N–H and O–H groups in total. The monoisotopic (exact) mass is 402 g/mol. The Morgan fingerprint density at radius 2 is 1.75 bits per heavy atom. The molecular formula is C21H23ClN2O4. The van der Waals surface area contributed by atoms with E-state index in [1.807, 2.05) is 49.4 Å². The molecule has 7 heteroatoms. The average Bonchev–Trinajstić information content (AvgIpc) is 2.71. The predicted octanol–water partition coefficient (Wildman–Crippen LogP) is 2.92. The first-order valence-electron chi connectivity index (χ1n) is 9.15. The van der Waals surface area contributed by atoms with Gasteiger partial charge in [-0.2, -0.15) is 0 Å². The number of nitrogens with zero attached hydrogens (tertiary/aromatic N) is 2. The Labute approximate surface area is 169 Å². The second-order valence-corrected chi connectivity index (χ2v) is 6.99. The number of amides is 1. The van der Waals surface area contributed by atoms with Gasteiger partial charge in [0.2, 0.25) is 0 Å². The number of piperazine rings is 1. The minimum absolute atomic E-state index is 0.206. The largest absolute Gasteiger partial charge is 0.482 e. The molecule has 1 fully saturated rings. The van der Waals surface area contributed by atoms with Crippen LogP contribution in [0.25, 0.3) is 0 Å². The number of carbonyl (C=O) groups excluding carboxylic acids is 2. The van der Waals surface area contributed by atoms with Crippen molar-refractivity contribution in [2.75, 3.05) is 44.3 Å². The number of hydrogen-bond acceptors (Lipinski definition) is 5. The zero-order valence-corrected chi connectivity index (χ0v) is 16.5. The molecule has 0 aromatic heterocycles. The van der Waals surface area contributed by atoms with Crippen LogP contribution in [-0.4, -0.2) is 56.2 Å². The summed E-state index contributed by atoms with van der Waals surface area (Å²) in [4.78, 5) is 28.0. The van der Waals surface area contributed by atoms with Crippen molar-refractivity contribution in [2.45, 2.75) is 6.92 Å². The van der Waals surface area contributed by atoms with Gasteiger partial charge >= 0.3 is 5.97 Å². The number of halogens is 1. The quantitative estimate of drug-likeness (QED) is 0.695. The van der Waals surface area contributed by atoms with E-state index in [1.54, 1.807) is 11.0 Å². The van der Waals surface area contributed by atoms with Gasteiger partial charge in [0.25, 0.3) is 5.91 Å². The predicted molar refractivity (Wildman–Crippen MR) is 108 cm³/mol. The molecule has 1 saturated heterocycles. The van der Waals surface area contributed by atoms with E-state index in [1.165, 1.54) is 0 Å². The molecule has 1 aliphatic heterocycles. The Bertz CT molecular complexity index is 835. The Morgan fingerprint density at radius 1 is 1.00 bits per heavy atom. The van der Waals surface area contributed by atoms with Crippen LogP contribution in [0.1, 0.15) is 5.56 Å². The summed E-state index contributed by atoms with van der Waals surface area (Å²) in [5.41, 5.74) is 2.01. The fourth-order valence-electron chi connectivity index (χ4n) is 3.03. The minimum atomic E-state index is -0.565. The number of benzene rings is 2. The third-order valence-corrected chi connectivity index (χ3v) is 4.85. The zero-order chi connectivity index (χ0) is 19.9. The summed E-state index contributed by atoms with van der Waals surface area (Å²) in [6.07, 6.45) is 0. The fourth-order valence-corrected chi connectivity index (χ4v) is 3.28. The average molecular weight is 403 g/mol. The third-order valence-electron chi connectivity index (χ3n) is 4.53. The highest BCUT2D eigenvalue weighted by molar-refractivity contribution is 6.33. The van der Waals surface area contributed by atoms with Gasteiger partial charge in [-0.3, -0.25) is 4.79 Å². The van der Waals surface area contributed by atoms with Crippen LogP contribution in [-0.2, 0) is 14.3 Å². The minimum Gasteiger partial charge on any atom is -0.482 e. The Kier molecular flexibility index (Phi) is 6.76. The number of para-hydroxylation sites is 1. The number of hydrogen-bond donors (Lipinski definition) is 0. The van der Waals surface area contributed by atoms with Crippen LogP contribution >= 0.6 is 11.6 Å². The van der Waals surface area contributed by atoms with Crippen LogP contribution in [0, 0.1) is 6.92 Å². The lowest BCUT2D eigenvalue weighted by Gasteiger charge is -2.36. The van der Waals surface area contributed by atoms with Gasteiger partial charge in [-0.15, -0.1) is 0 Å². The first-order chi connectivity index (χ1) is 13.5. The van der Waals surface area contributed by atoms with Crippen LogP contribution in [0.4, 0.5) is 5.69 Å². The molecule has 28 heavy (non-hydrogen) atoms. The van der Waals surface area contributed by atoms with Crippen molar-refractivity contribution < 1.29 is 19.1 Å². The number of esters is 1. The summed E-state index contributed by atoms with van der Waals surface area (Å²) in [6.45, 7) is 3.91. The van der Waals surface area contributed by atoms with Crippen LogP contribution in [0.3, 0.4) is 0 Å². The molecule has 6 nitrogen and oxygen atoms in total. The smallest absolute Gasteiger partial charge is 0.344 e. The van der Waals surface area contributed by atoms with Gasteiger partial charge in [-0.25, -0.2) is 4.79 Å². The van der Waals surface area contributed by atoms with E-state index in [0.29, 0.717) is 37.0 Å². The molecule has 3 rings (SSSR count). The highest BCUT2D eigenvalue weighted by atomic mass is 35.5. The van der Waals surface area contributed by atoms with Crippen molar-refractivity contribution in [2.24, 2.45) is 0 Å². The van der Waals surface area contributed by atoms with Crippen LogP contribution < -0.4 is 9.64 Å². The van der Waals surface area contributed by atoms with E-state index in [0.717, 1.165) is 11.3 Å². The van der Waals surface area contributed by atoms with Gasteiger partial charge in [-0.1, -0.05) is 35.9 Å². The van der Waals surface area contributed by atoms with E-state index >= 15 is 0 Å². The van der Waals surface area contributed by atoms with E-state index in [4.69, 9.17) is 21.1 Å². The van der Waals surface area contributed by atoms with Gasteiger partial charge in [-0.05, 0) is 36.8 Å². The summed E-state index contributed by atoms with van der Waals surface area (Å²) < 4.78 is 10.4. The molecule has 0 unspecified atom stereocenters. The molecular weight excluding hydrogens is 380 g/mol. The van der Waals surface area contributed by atoms with Crippen molar-refractivity contribution in [1.82, 2.24) is 4.90 Å². The van der Waals surface area contributed by atoms with Gasteiger partial charge in [0.1, 0.15) is 5.75 Å². The third kappa shape index (κ3) is 5.39. The molecule has 1 aliphatic rings. The zero-order valence-electron chi connectivity index (χ0n) is 15.8. The summed E-state index contributed by atoms with van der Waals surface area (Å²) >= 11 is 6.23. The van der Waals surface area contributed by atoms with Gasteiger partial charge < -0.3 is 19.3 Å². The van der Waals surface area contributed by atoms with E-state index in [2.05, 4.69) is 4.90 Å². The molecule has 2 aromatic carbocycles. The van der Waals surface area contributed by atoms with Gasteiger partial charge in [0.15, 0.2) is 13.2 Å². The molecule has 1 amide bonds. The molecule has 0 bridgehead atoms. The molecule has 0 aliphatic carbocycles. The van der Waals surface area contributed by atoms with Crippen molar-refractivity contribution in [3.8, 4) is 5.75 Å². The van der Waals surface area contributed by atoms with Crippen molar-refractivity contribution in [1.29, 1.82) is 0 Å². The highest BCUT2D eigenvalue weighted by Gasteiger charge is 2.23. The maximum atomic E-state index is 12.3. The van der Waals surface area contributed by atoms with E-state index < -0.39 is 5.97 Å². The van der Waals surface area contributed by atoms with Crippen LogP contribution in [0.5, 0.6) is 5.75 Å². The number of aryl methyl sites for hydroxylation is 1. The molecule has 0 atom stereocenters. The van der Waals surface area contributed by atoms with Crippen LogP contribution in [0.15, 0.2) is 48.5 Å². The first kappa shape index (κ1) is 20.0. The van der Waals surface area contributed by atoms with E-state index in [-0.39, 0.29) is 19.1 Å². The number of rotatable bonds is 6. The standard InChI is InChI=1S/C21H23ClN2O4/c1-16-5-4-6-17(13-16)27-15-21(26)28-14-20(25)24-11-9-23(10-12-24)19-8-3-2-7-18(19)22/h2-8,13H,9-12,14-15H2,1H3. The van der Waals surface area contributed by atoms with E-state index in [9.17, 15) is 9.59 Å². The Morgan fingerprint density at radius 3 is 2.46 bits per heavy atom. The maximum Gasteiger partial charge on any atom is 0.344 e. The summed E-state index contributed by atoms with van der Waals surface area (Å²) in [6, 6.07) is 15.0. The Hall–Kier alpha value is -2.73. The van der Waals surface area contributed by atoms with Crippen molar-refractivity contribution in [3.63, 3.8) is 0 Å². The van der Waals surface area contributed by atoms with Crippen LogP contribution in [0.2, 0.25) is 5.02 Å². The Balaban J connectivity index is 1.39. The molecule has 0 radical (unpaired) electrons. The first-order valence-corrected chi connectivity index (χ1v) is 9.53. The molecule has 148 valence electrons. The molecule has 0 spiro atoms. The normalized spacial score (nSPS) is 13.9.